The van der Waals surface area contributed by atoms with Gasteiger partial charge in [0, 0.05) is 32.6 Å². The van der Waals surface area contributed by atoms with Crippen LogP contribution >= 0.6 is 0 Å². The Bertz CT molecular complexity index is 745. The van der Waals surface area contributed by atoms with Crippen LogP contribution in [0.15, 0.2) is 28.8 Å². The Kier molecular flexibility index (Phi) is 5.85. The van der Waals surface area contributed by atoms with Gasteiger partial charge in [-0.1, -0.05) is 17.3 Å². The molecule has 1 saturated heterocycles. The molecule has 0 radical (unpaired) electrons. The molecule has 140 valence electrons. The Morgan fingerprint density at radius 3 is 2.85 bits per heavy atom. The van der Waals surface area contributed by atoms with E-state index in [2.05, 4.69) is 10.1 Å². The highest BCUT2D eigenvalue weighted by molar-refractivity contribution is 5.74. The predicted octanol–water partition coefficient (Wildman–Crippen LogP) is 3.59. The van der Waals surface area contributed by atoms with Crippen LogP contribution in [0.3, 0.4) is 0 Å². The van der Waals surface area contributed by atoms with E-state index >= 15 is 0 Å². The highest BCUT2D eigenvalue weighted by Crippen LogP contribution is 2.24. The van der Waals surface area contributed by atoms with Crippen molar-refractivity contribution in [1.29, 1.82) is 0 Å². The molecule has 0 spiro atoms. The number of amides is 2. The molecule has 26 heavy (non-hydrogen) atoms. The molecule has 0 N–H and O–H groups in total. The summed E-state index contributed by atoms with van der Waals surface area (Å²) >= 11 is 0. The maximum absolute atomic E-state index is 13.9. The third-order valence-corrected chi connectivity index (χ3v) is 4.87. The minimum Gasteiger partial charge on any atom is -0.339 e. The second kappa shape index (κ2) is 8.29. The van der Waals surface area contributed by atoms with Crippen molar-refractivity contribution >= 4 is 6.03 Å². The molecule has 1 aromatic carbocycles. The third kappa shape index (κ3) is 4.03. The van der Waals surface area contributed by atoms with Gasteiger partial charge in [-0.05, 0) is 44.7 Å². The number of nitrogens with zero attached hydrogens (tertiary/aromatic N) is 4. The summed E-state index contributed by atoms with van der Waals surface area (Å²) in [4.78, 5) is 20.6. The van der Waals surface area contributed by atoms with Crippen LogP contribution in [0.1, 0.15) is 32.6 Å². The van der Waals surface area contributed by atoms with E-state index in [0.29, 0.717) is 37.5 Å². The molecule has 2 aromatic rings. The molecular formula is C19H25FN4O2. The van der Waals surface area contributed by atoms with Crippen molar-refractivity contribution in [2.24, 2.45) is 5.92 Å². The SMILES string of the molecule is CCN(CC)C(=O)N1CCCC(Cc2nc(-c3ccccc3F)no2)C1. The van der Waals surface area contributed by atoms with Gasteiger partial charge < -0.3 is 14.3 Å². The van der Waals surface area contributed by atoms with Gasteiger partial charge in [-0.15, -0.1) is 0 Å². The highest BCUT2D eigenvalue weighted by Gasteiger charge is 2.27. The molecule has 6 nitrogen and oxygen atoms in total. The molecule has 3 rings (SSSR count). The van der Waals surface area contributed by atoms with Gasteiger partial charge in [0.25, 0.3) is 0 Å². The van der Waals surface area contributed by atoms with Gasteiger partial charge >= 0.3 is 6.03 Å². The number of aromatic nitrogens is 2. The van der Waals surface area contributed by atoms with Gasteiger partial charge in [-0.3, -0.25) is 0 Å². The first-order valence-corrected chi connectivity index (χ1v) is 9.23. The minimum atomic E-state index is -0.367. The Balaban J connectivity index is 1.64. The van der Waals surface area contributed by atoms with Crippen LogP contribution in [0.25, 0.3) is 11.4 Å². The molecular weight excluding hydrogens is 335 g/mol. The summed E-state index contributed by atoms with van der Waals surface area (Å²) in [7, 11) is 0. The molecule has 1 fully saturated rings. The number of halogens is 1. The van der Waals surface area contributed by atoms with Gasteiger partial charge in [0.15, 0.2) is 0 Å². The molecule has 1 aliphatic heterocycles. The van der Waals surface area contributed by atoms with Crippen LogP contribution in [0.5, 0.6) is 0 Å². The maximum atomic E-state index is 13.9. The maximum Gasteiger partial charge on any atom is 0.319 e. The van der Waals surface area contributed by atoms with E-state index in [0.717, 1.165) is 19.4 Å². The summed E-state index contributed by atoms with van der Waals surface area (Å²) in [5, 5.41) is 3.91. The molecule has 2 heterocycles. The lowest BCUT2D eigenvalue weighted by atomic mass is 9.95. The number of piperidine rings is 1. The van der Waals surface area contributed by atoms with Crippen LogP contribution in [0.4, 0.5) is 9.18 Å². The van der Waals surface area contributed by atoms with Crippen LogP contribution in [0, 0.1) is 11.7 Å². The zero-order valence-corrected chi connectivity index (χ0v) is 15.3. The van der Waals surface area contributed by atoms with E-state index in [-0.39, 0.29) is 23.6 Å². The molecule has 1 aliphatic rings. The molecule has 0 bridgehead atoms. The summed E-state index contributed by atoms with van der Waals surface area (Å²) < 4.78 is 19.2. The number of carbonyl (C=O) groups excluding carboxylic acids is 1. The number of likely N-dealkylation sites (tertiary alicyclic amines) is 1. The Hall–Kier alpha value is -2.44. The topological polar surface area (TPSA) is 62.5 Å². The van der Waals surface area contributed by atoms with E-state index in [1.807, 2.05) is 23.6 Å². The Morgan fingerprint density at radius 1 is 1.35 bits per heavy atom. The smallest absolute Gasteiger partial charge is 0.319 e. The fourth-order valence-electron chi connectivity index (χ4n) is 3.44. The average molecular weight is 360 g/mol. The van der Waals surface area contributed by atoms with Crippen LogP contribution < -0.4 is 0 Å². The summed E-state index contributed by atoms with van der Waals surface area (Å²) in [6.07, 6.45) is 2.58. The second-order valence-electron chi connectivity index (χ2n) is 6.60. The van der Waals surface area contributed by atoms with Crippen LogP contribution in [-0.4, -0.2) is 52.2 Å². The number of rotatable bonds is 5. The van der Waals surface area contributed by atoms with Crippen LogP contribution in [-0.2, 0) is 6.42 Å². The average Bonchev–Trinajstić information content (AvgIpc) is 3.11. The first-order chi connectivity index (χ1) is 12.6. The fourth-order valence-corrected chi connectivity index (χ4v) is 3.44. The van der Waals surface area contributed by atoms with Gasteiger partial charge in [-0.2, -0.15) is 4.98 Å². The fraction of sp³-hybridized carbons (Fsp3) is 0.526. The first-order valence-electron chi connectivity index (χ1n) is 9.23. The molecule has 2 amide bonds. The summed E-state index contributed by atoms with van der Waals surface area (Å²) in [6, 6.07) is 6.48. The van der Waals surface area contributed by atoms with Gasteiger partial charge in [0.1, 0.15) is 5.82 Å². The standard InChI is InChI=1S/C19H25FN4O2/c1-3-23(4-2)19(25)24-11-7-8-14(13-24)12-17-21-18(22-26-17)15-9-5-6-10-16(15)20/h5-6,9-10,14H,3-4,7-8,11-13H2,1-2H3. The van der Waals surface area contributed by atoms with E-state index in [9.17, 15) is 9.18 Å². The number of benzene rings is 1. The van der Waals surface area contributed by atoms with Crippen molar-refractivity contribution in [2.75, 3.05) is 26.2 Å². The van der Waals surface area contributed by atoms with Crippen molar-refractivity contribution in [3.63, 3.8) is 0 Å². The van der Waals surface area contributed by atoms with Crippen molar-refractivity contribution in [3.05, 3.63) is 36.0 Å². The normalized spacial score (nSPS) is 17.3. The van der Waals surface area contributed by atoms with E-state index in [4.69, 9.17) is 4.52 Å². The molecule has 1 unspecified atom stereocenters. The quantitative estimate of drug-likeness (QED) is 0.817. The molecule has 0 saturated carbocycles. The zero-order valence-electron chi connectivity index (χ0n) is 15.3. The summed E-state index contributed by atoms with van der Waals surface area (Å²) in [5.74, 6) is 0.668. The molecule has 1 aromatic heterocycles. The number of hydrogen-bond donors (Lipinski definition) is 0. The summed E-state index contributed by atoms with van der Waals surface area (Å²) in [5.41, 5.74) is 0.337. The van der Waals surface area contributed by atoms with Crippen molar-refractivity contribution in [1.82, 2.24) is 19.9 Å². The van der Waals surface area contributed by atoms with Gasteiger partial charge in [0.2, 0.25) is 11.7 Å². The first kappa shape index (κ1) is 18.4. The Labute approximate surface area is 153 Å². The summed E-state index contributed by atoms with van der Waals surface area (Å²) in [6.45, 7) is 6.89. The third-order valence-electron chi connectivity index (χ3n) is 4.87. The largest absolute Gasteiger partial charge is 0.339 e. The predicted molar refractivity (Wildman–Crippen MR) is 96.0 cm³/mol. The van der Waals surface area contributed by atoms with E-state index in [1.54, 1.807) is 18.2 Å². The lowest BCUT2D eigenvalue weighted by Crippen LogP contribution is -2.47. The lowest BCUT2D eigenvalue weighted by Gasteiger charge is -2.35. The van der Waals surface area contributed by atoms with Crippen LogP contribution in [0.2, 0.25) is 0 Å². The van der Waals surface area contributed by atoms with E-state index < -0.39 is 0 Å². The lowest BCUT2D eigenvalue weighted by molar-refractivity contribution is 0.129. The van der Waals surface area contributed by atoms with Crippen molar-refractivity contribution in [2.45, 2.75) is 33.1 Å². The highest BCUT2D eigenvalue weighted by atomic mass is 19.1. The van der Waals surface area contributed by atoms with Gasteiger partial charge in [-0.25, -0.2) is 9.18 Å². The van der Waals surface area contributed by atoms with E-state index in [1.165, 1.54) is 6.07 Å². The second-order valence-corrected chi connectivity index (χ2v) is 6.60. The zero-order chi connectivity index (χ0) is 18.5. The number of hydrogen-bond acceptors (Lipinski definition) is 4. The number of carbonyl (C=O) groups is 1. The molecule has 7 heteroatoms. The molecule has 1 atom stereocenters. The van der Waals surface area contributed by atoms with Crippen molar-refractivity contribution < 1.29 is 13.7 Å². The Morgan fingerprint density at radius 2 is 2.12 bits per heavy atom. The number of urea groups is 1. The van der Waals surface area contributed by atoms with Gasteiger partial charge in [0.05, 0.1) is 5.56 Å². The van der Waals surface area contributed by atoms with Crippen molar-refractivity contribution in [3.8, 4) is 11.4 Å². The monoisotopic (exact) mass is 360 g/mol. The minimum absolute atomic E-state index is 0.0947. The molecule has 0 aliphatic carbocycles.